The summed E-state index contributed by atoms with van der Waals surface area (Å²) in [6.07, 6.45) is 1.52. The summed E-state index contributed by atoms with van der Waals surface area (Å²) < 4.78 is 5.06. The van der Waals surface area contributed by atoms with Crippen molar-refractivity contribution in [3.8, 4) is 11.8 Å². The predicted molar refractivity (Wildman–Crippen MR) is 86.7 cm³/mol. The van der Waals surface area contributed by atoms with Crippen LogP contribution in [0.25, 0.3) is 6.08 Å². The number of hydrogen-bond donors (Lipinski definition) is 1. The molecule has 0 fully saturated rings. The average Bonchev–Trinajstić information content (AvgIpc) is 2.55. The minimum absolute atomic E-state index is 0.0140. The lowest BCUT2D eigenvalue weighted by molar-refractivity contribution is -0.112. The molecule has 0 aliphatic heterocycles. The highest BCUT2D eigenvalue weighted by Gasteiger charge is 2.09. The molecule has 5 heteroatoms. The van der Waals surface area contributed by atoms with E-state index >= 15 is 0 Å². The minimum atomic E-state index is -0.472. The van der Waals surface area contributed by atoms with Gasteiger partial charge >= 0.3 is 0 Å². The Balaban J connectivity index is 2.15. The van der Waals surface area contributed by atoms with E-state index in [0.717, 1.165) is 5.56 Å². The van der Waals surface area contributed by atoms with Crippen LogP contribution in [0.5, 0.6) is 5.75 Å². The van der Waals surface area contributed by atoms with E-state index in [0.29, 0.717) is 16.5 Å². The molecule has 1 amide bonds. The molecule has 0 aliphatic carbocycles. The number of carbonyl (C=O) groups excluding carboxylic acids is 1. The summed E-state index contributed by atoms with van der Waals surface area (Å²) in [7, 11) is 1.57. The van der Waals surface area contributed by atoms with Crippen molar-refractivity contribution >= 4 is 29.3 Å². The van der Waals surface area contributed by atoms with Crippen molar-refractivity contribution in [2.45, 2.75) is 0 Å². The Morgan fingerprint density at radius 3 is 2.36 bits per heavy atom. The number of carbonyl (C=O) groups is 1. The number of rotatable bonds is 4. The highest BCUT2D eigenvalue weighted by molar-refractivity contribution is 6.30. The van der Waals surface area contributed by atoms with E-state index in [1.807, 2.05) is 6.07 Å². The van der Waals surface area contributed by atoms with Gasteiger partial charge in [0, 0.05) is 10.7 Å². The van der Waals surface area contributed by atoms with Gasteiger partial charge in [0.2, 0.25) is 0 Å². The second-order valence-corrected chi connectivity index (χ2v) is 4.84. The van der Waals surface area contributed by atoms with Gasteiger partial charge in [-0.3, -0.25) is 4.79 Å². The summed E-state index contributed by atoms with van der Waals surface area (Å²) in [5.41, 5.74) is 1.33. The van der Waals surface area contributed by atoms with E-state index in [9.17, 15) is 4.79 Å². The van der Waals surface area contributed by atoms with Crippen molar-refractivity contribution in [1.82, 2.24) is 0 Å². The van der Waals surface area contributed by atoms with Crippen molar-refractivity contribution in [3.05, 3.63) is 64.7 Å². The zero-order valence-corrected chi connectivity index (χ0v) is 12.6. The molecule has 2 aromatic rings. The van der Waals surface area contributed by atoms with Crippen molar-refractivity contribution in [2.24, 2.45) is 0 Å². The molecule has 0 aromatic heterocycles. The number of methoxy groups -OCH3 is 1. The molecule has 110 valence electrons. The van der Waals surface area contributed by atoms with Gasteiger partial charge in [-0.1, -0.05) is 23.7 Å². The second kappa shape index (κ2) is 7.30. The Morgan fingerprint density at radius 2 is 1.82 bits per heavy atom. The lowest BCUT2D eigenvalue weighted by Crippen LogP contribution is -2.13. The first-order valence-electron chi connectivity index (χ1n) is 6.45. The SMILES string of the molecule is COc1ccc(/C=C(\C#N)C(=O)Nc2ccc(Cl)cc2)cc1. The van der Waals surface area contributed by atoms with Crippen LogP contribution in [0.15, 0.2) is 54.1 Å². The van der Waals surface area contributed by atoms with Crippen molar-refractivity contribution in [2.75, 3.05) is 12.4 Å². The molecule has 4 nitrogen and oxygen atoms in total. The van der Waals surface area contributed by atoms with E-state index in [2.05, 4.69) is 5.32 Å². The summed E-state index contributed by atoms with van der Waals surface area (Å²) >= 11 is 5.78. The van der Waals surface area contributed by atoms with Crippen LogP contribution in [-0.2, 0) is 4.79 Å². The summed E-state index contributed by atoms with van der Waals surface area (Å²) in [5, 5.41) is 12.4. The molecule has 0 radical (unpaired) electrons. The number of hydrogen-bond acceptors (Lipinski definition) is 3. The van der Waals surface area contributed by atoms with Gasteiger partial charge in [-0.05, 0) is 48.0 Å². The van der Waals surface area contributed by atoms with Gasteiger partial charge in [-0.2, -0.15) is 5.26 Å². The summed E-state index contributed by atoms with van der Waals surface area (Å²) in [6.45, 7) is 0. The molecule has 0 bridgehead atoms. The molecule has 0 heterocycles. The van der Waals surface area contributed by atoms with Gasteiger partial charge in [0.1, 0.15) is 17.4 Å². The molecule has 1 N–H and O–H groups in total. The zero-order valence-electron chi connectivity index (χ0n) is 11.8. The molecule has 0 aliphatic rings. The zero-order chi connectivity index (χ0) is 15.9. The summed E-state index contributed by atoms with van der Waals surface area (Å²) in [5.74, 6) is 0.238. The van der Waals surface area contributed by atoms with E-state index in [1.54, 1.807) is 55.6 Å². The van der Waals surface area contributed by atoms with Gasteiger partial charge in [-0.15, -0.1) is 0 Å². The minimum Gasteiger partial charge on any atom is -0.497 e. The third kappa shape index (κ3) is 4.11. The van der Waals surface area contributed by atoms with Crippen LogP contribution in [0.2, 0.25) is 5.02 Å². The Hall–Kier alpha value is -2.77. The normalized spacial score (nSPS) is 10.7. The second-order valence-electron chi connectivity index (χ2n) is 4.40. The van der Waals surface area contributed by atoms with Gasteiger partial charge in [0.05, 0.1) is 7.11 Å². The quantitative estimate of drug-likeness (QED) is 0.688. The number of benzene rings is 2. The van der Waals surface area contributed by atoms with E-state index in [4.69, 9.17) is 21.6 Å². The van der Waals surface area contributed by atoms with Crippen LogP contribution in [0.1, 0.15) is 5.56 Å². The van der Waals surface area contributed by atoms with Gasteiger partial charge in [0.15, 0.2) is 0 Å². The van der Waals surface area contributed by atoms with Crippen LogP contribution >= 0.6 is 11.6 Å². The van der Waals surface area contributed by atoms with Gasteiger partial charge in [-0.25, -0.2) is 0 Å². The highest BCUT2D eigenvalue weighted by atomic mass is 35.5. The number of nitrogens with one attached hydrogen (secondary N) is 1. The summed E-state index contributed by atoms with van der Waals surface area (Å²) in [4.78, 5) is 12.1. The molecule has 0 atom stereocenters. The van der Waals surface area contributed by atoms with E-state index in [1.165, 1.54) is 6.08 Å². The Labute approximate surface area is 133 Å². The molecule has 0 saturated carbocycles. The van der Waals surface area contributed by atoms with Crippen molar-refractivity contribution in [3.63, 3.8) is 0 Å². The third-order valence-electron chi connectivity index (χ3n) is 2.89. The molecule has 0 saturated heterocycles. The third-order valence-corrected chi connectivity index (χ3v) is 3.15. The van der Waals surface area contributed by atoms with Crippen LogP contribution in [0, 0.1) is 11.3 Å². The average molecular weight is 313 g/mol. The first kappa shape index (κ1) is 15.6. The van der Waals surface area contributed by atoms with Crippen LogP contribution in [-0.4, -0.2) is 13.0 Å². The van der Waals surface area contributed by atoms with Crippen LogP contribution in [0.4, 0.5) is 5.69 Å². The standard InChI is InChI=1S/C17H13ClN2O2/c1-22-16-8-2-12(3-9-16)10-13(11-19)17(21)20-15-6-4-14(18)5-7-15/h2-10H,1H3,(H,20,21)/b13-10+. The van der Waals surface area contributed by atoms with Crippen LogP contribution in [0.3, 0.4) is 0 Å². The monoisotopic (exact) mass is 312 g/mol. The first-order valence-corrected chi connectivity index (χ1v) is 6.83. The molecule has 0 spiro atoms. The first-order chi connectivity index (χ1) is 10.6. The van der Waals surface area contributed by atoms with Crippen LogP contribution < -0.4 is 10.1 Å². The fraction of sp³-hybridized carbons (Fsp3) is 0.0588. The Morgan fingerprint density at radius 1 is 1.18 bits per heavy atom. The number of ether oxygens (including phenoxy) is 1. The maximum atomic E-state index is 12.1. The molecular formula is C17H13ClN2O2. The van der Waals surface area contributed by atoms with Gasteiger partial charge in [0.25, 0.3) is 5.91 Å². The lowest BCUT2D eigenvalue weighted by atomic mass is 10.1. The maximum Gasteiger partial charge on any atom is 0.266 e. The lowest BCUT2D eigenvalue weighted by Gasteiger charge is -2.04. The largest absolute Gasteiger partial charge is 0.497 e. The Bertz CT molecular complexity index is 729. The number of anilines is 1. The topological polar surface area (TPSA) is 62.1 Å². The molecule has 2 rings (SSSR count). The van der Waals surface area contributed by atoms with Crippen molar-refractivity contribution < 1.29 is 9.53 Å². The fourth-order valence-electron chi connectivity index (χ4n) is 1.75. The van der Waals surface area contributed by atoms with E-state index < -0.39 is 5.91 Å². The number of nitriles is 1. The number of amides is 1. The smallest absolute Gasteiger partial charge is 0.266 e. The predicted octanol–water partition coefficient (Wildman–Crippen LogP) is 3.89. The Kier molecular flexibility index (Phi) is 5.18. The molecule has 2 aromatic carbocycles. The maximum absolute atomic E-state index is 12.1. The summed E-state index contributed by atoms with van der Waals surface area (Å²) in [6, 6.07) is 15.6. The fourth-order valence-corrected chi connectivity index (χ4v) is 1.87. The molecular weight excluding hydrogens is 300 g/mol. The van der Waals surface area contributed by atoms with Gasteiger partial charge < -0.3 is 10.1 Å². The van der Waals surface area contributed by atoms with E-state index in [-0.39, 0.29) is 5.57 Å². The van der Waals surface area contributed by atoms with Crippen molar-refractivity contribution in [1.29, 1.82) is 5.26 Å². The molecule has 0 unspecified atom stereocenters. The molecule has 22 heavy (non-hydrogen) atoms. The highest BCUT2D eigenvalue weighted by Crippen LogP contribution is 2.16. The number of halogens is 1. The number of nitrogens with zero attached hydrogens (tertiary/aromatic N) is 1.